The van der Waals surface area contributed by atoms with Crippen LogP contribution in [-0.2, 0) is 16.0 Å². The number of pyridine rings is 1. The number of primary amides is 1. The molecule has 2 bridgehead atoms. The van der Waals surface area contributed by atoms with Gasteiger partial charge in [0.05, 0.1) is 18.0 Å². The molecule has 5 rings (SSSR count). The van der Waals surface area contributed by atoms with Gasteiger partial charge in [0.2, 0.25) is 11.8 Å². The molecule has 2 saturated carbocycles. The van der Waals surface area contributed by atoms with E-state index in [1.54, 1.807) is 15.5 Å². The second-order valence-electron chi connectivity index (χ2n) is 11.5. The number of carbonyl (C=O) groups is 3. The molecule has 0 spiro atoms. The Morgan fingerprint density at radius 2 is 2.06 bits per heavy atom. The first-order chi connectivity index (χ1) is 17.4. The zero-order valence-corrected chi connectivity index (χ0v) is 21.4. The average Bonchev–Trinajstić information content (AvgIpc) is 3.29. The van der Waals surface area contributed by atoms with Crippen molar-refractivity contribution in [3.8, 4) is 0 Å². The van der Waals surface area contributed by atoms with E-state index in [9.17, 15) is 14.4 Å². The van der Waals surface area contributed by atoms with E-state index in [0.29, 0.717) is 30.1 Å². The van der Waals surface area contributed by atoms with Crippen LogP contribution in [0.4, 0.5) is 0 Å². The number of imidazole rings is 1. The molecule has 8 nitrogen and oxygen atoms in total. The lowest BCUT2D eigenvalue weighted by molar-refractivity contribution is -0.134. The Hall–Kier alpha value is -2.90. The van der Waals surface area contributed by atoms with Gasteiger partial charge in [0, 0.05) is 25.8 Å². The first kappa shape index (κ1) is 24.8. The summed E-state index contributed by atoms with van der Waals surface area (Å²) < 4.78 is 1.79. The number of nitrogens with zero attached hydrogens (tertiary/aromatic N) is 3. The summed E-state index contributed by atoms with van der Waals surface area (Å²) in [6.45, 7) is 4.02. The second kappa shape index (κ2) is 10.2. The number of piperidine rings is 1. The molecule has 36 heavy (non-hydrogen) atoms. The van der Waals surface area contributed by atoms with E-state index in [1.807, 2.05) is 18.2 Å². The standard InChI is InChI=1S/C28H39N5O3/c1-2-19-12-20-6-4-10-28(14-19,15-20)18-30-27(36)23-8-3-9-24-31-22(17-33(23)24)13-25(34)32-11-5-7-21(16-32)26(29)35/h3,8-9,17,19-21H,2,4-7,10-16,18H2,1H3,(H2,29,35)(H,30,36). The summed E-state index contributed by atoms with van der Waals surface area (Å²) in [6.07, 6.45) is 12.3. The molecule has 3 heterocycles. The lowest BCUT2D eigenvalue weighted by Gasteiger charge is -2.48. The summed E-state index contributed by atoms with van der Waals surface area (Å²) in [5.74, 6) is 0.795. The van der Waals surface area contributed by atoms with E-state index < -0.39 is 0 Å². The zero-order chi connectivity index (χ0) is 25.3. The number of aromatic nitrogens is 2. The van der Waals surface area contributed by atoms with Crippen molar-refractivity contribution in [1.82, 2.24) is 19.6 Å². The molecule has 3 amide bonds. The molecule has 2 aliphatic carbocycles. The Kier molecular flexibility index (Phi) is 7.04. The van der Waals surface area contributed by atoms with Gasteiger partial charge in [0.1, 0.15) is 11.3 Å². The Morgan fingerprint density at radius 1 is 1.19 bits per heavy atom. The largest absolute Gasteiger partial charge is 0.369 e. The van der Waals surface area contributed by atoms with Gasteiger partial charge in [-0.1, -0.05) is 32.3 Å². The summed E-state index contributed by atoms with van der Waals surface area (Å²) in [7, 11) is 0. The van der Waals surface area contributed by atoms with Gasteiger partial charge in [-0.3, -0.25) is 18.8 Å². The summed E-state index contributed by atoms with van der Waals surface area (Å²) in [5, 5.41) is 3.26. The van der Waals surface area contributed by atoms with Gasteiger partial charge in [-0.15, -0.1) is 0 Å². The maximum atomic E-state index is 13.3. The Morgan fingerprint density at radius 3 is 2.86 bits per heavy atom. The molecule has 0 radical (unpaired) electrons. The third kappa shape index (κ3) is 5.13. The van der Waals surface area contributed by atoms with Gasteiger partial charge in [-0.2, -0.15) is 0 Å². The minimum Gasteiger partial charge on any atom is -0.369 e. The van der Waals surface area contributed by atoms with Crippen LogP contribution >= 0.6 is 0 Å². The van der Waals surface area contributed by atoms with Crippen LogP contribution in [0.25, 0.3) is 5.65 Å². The van der Waals surface area contributed by atoms with Crippen LogP contribution in [0.15, 0.2) is 24.4 Å². The summed E-state index contributed by atoms with van der Waals surface area (Å²) >= 11 is 0. The van der Waals surface area contributed by atoms with Gasteiger partial charge in [-0.25, -0.2) is 4.98 Å². The highest BCUT2D eigenvalue weighted by Crippen LogP contribution is 2.51. The van der Waals surface area contributed by atoms with Gasteiger partial charge in [0.15, 0.2) is 0 Å². The Balaban J connectivity index is 1.26. The predicted molar refractivity (Wildman–Crippen MR) is 137 cm³/mol. The molecule has 1 aliphatic heterocycles. The lowest BCUT2D eigenvalue weighted by atomic mass is 9.58. The molecule has 2 aromatic rings. The highest BCUT2D eigenvalue weighted by molar-refractivity contribution is 5.93. The van der Waals surface area contributed by atoms with Crippen molar-refractivity contribution in [2.75, 3.05) is 19.6 Å². The molecule has 2 aromatic heterocycles. The van der Waals surface area contributed by atoms with Crippen LogP contribution in [0.2, 0.25) is 0 Å². The van der Waals surface area contributed by atoms with Crippen LogP contribution in [0.3, 0.4) is 0 Å². The van der Waals surface area contributed by atoms with Crippen molar-refractivity contribution in [1.29, 1.82) is 0 Å². The monoisotopic (exact) mass is 493 g/mol. The quantitative estimate of drug-likeness (QED) is 0.616. The zero-order valence-electron chi connectivity index (χ0n) is 21.4. The second-order valence-corrected chi connectivity index (χ2v) is 11.5. The fraction of sp³-hybridized carbons (Fsp3) is 0.643. The van der Waals surface area contributed by atoms with E-state index in [2.05, 4.69) is 17.2 Å². The highest BCUT2D eigenvalue weighted by atomic mass is 16.2. The van der Waals surface area contributed by atoms with Crippen LogP contribution in [0, 0.1) is 23.2 Å². The van der Waals surface area contributed by atoms with Gasteiger partial charge in [-0.05, 0) is 67.9 Å². The molecule has 8 heteroatoms. The minimum atomic E-state index is -0.349. The van der Waals surface area contributed by atoms with Crippen LogP contribution in [-0.4, -0.2) is 51.6 Å². The normalized spacial score (nSPS) is 28.1. The van der Waals surface area contributed by atoms with Gasteiger partial charge >= 0.3 is 0 Å². The lowest BCUT2D eigenvalue weighted by Crippen LogP contribution is -2.45. The molecule has 1 saturated heterocycles. The number of hydrogen-bond donors (Lipinski definition) is 2. The Bertz CT molecular complexity index is 1140. The van der Waals surface area contributed by atoms with E-state index in [-0.39, 0.29) is 35.5 Å². The molecule has 3 aliphatic rings. The minimum absolute atomic E-state index is 0.0657. The molecule has 194 valence electrons. The number of fused-ring (bicyclic) bond motifs is 3. The fourth-order valence-electron chi connectivity index (χ4n) is 7.07. The van der Waals surface area contributed by atoms with Crippen molar-refractivity contribution in [2.24, 2.45) is 28.9 Å². The van der Waals surface area contributed by atoms with E-state index in [0.717, 1.165) is 31.2 Å². The molecular formula is C28H39N5O3. The van der Waals surface area contributed by atoms with Gasteiger partial charge in [0.25, 0.3) is 5.91 Å². The Labute approximate surface area is 213 Å². The predicted octanol–water partition coefficient (Wildman–Crippen LogP) is 3.33. The van der Waals surface area contributed by atoms with Gasteiger partial charge < -0.3 is 16.0 Å². The maximum absolute atomic E-state index is 13.3. The maximum Gasteiger partial charge on any atom is 0.268 e. The van der Waals surface area contributed by atoms with E-state index >= 15 is 0 Å². The number of hydrogen-bond acceptors (Lipinski definition) is 4. The average molecular weight is 494 g/mol. The summed E-state index contributed by atoms with van der Waals surface area (Å²) in [4.78, 5) is 44.1. The van der Waals surface area contributed by atoms with Crippen molar-refractivity contribution in [2.45, 2.75) is 71.1 Å². The number of carbonyl (C=O) groups excluding carboxylic acids is 3. The molecule has 0 aromatic carbocycles. The third-order valence-electron chi connectivity index (χ3n) is 8.91. The molecule has 4 unspecified atom stereocenters. The molecule has 3 fully saturated rings. The van der Waals surface area contributed by atoms with E-state index in [4.69, 9.17) is 5.73 Å². The number of rotatable bonds is 7. The number of amides is 3. The van der Waals surface area contributed by atoms with E-state index in [1.165, 1.54) is 44.9 Å². The van der Waals surface area contributed by atoms with Crippen LogP contribution < -0.4 is 11.1 Å². The SMILES string of the molecule is CCC1CC2CCCC(CNC(=O)c3cccc4nc(CC(=O)N5CCCC(C(N)=O)C5)cn34)(C1)C2. The topological polar surface area (TPSA) is 110 Å². The van der Waals surface area contributed by atoms with Crippen molar-refractivity contribution in [3.63, 3.8) is 0 Å². The summed E-state index contributed by atoms with van der Waals surface area (Å²) in [6, 6.07) is 5.51. The van der Waals surface area contributed by atoms with Crippen molar-refractivity contribution in [3.05, 3.63) is 35.8 Å². The third-order valence-corrected chi connectivity index (χ3v) is 8.91. The van der Waals surface area contributed by atoms with Crippen LogP contribution in [0.5, 0.6) is 0 Å². The molecular weight excluding hydrogens is 454 g/mol. The fourth-order valence-corrected chi connectivity index (χ4v) is 7.07. The number of likely N-dealkylation sites (tertiary alicyclic amines) is 1. The summed E-state index contributed by atoms with van der Waals surface area (Å²) in [5.41, 5.74) is 7.50. The molecule has 3 N–H and O–H groups in total. The van der Waals surface area contributed by atoms with Crippen molar-refractivity contribution >= 4 is 23.4 Å². The molecule has 4 atom stereocenters. The first-order valence-electron chi connectivity index (χ1n) is 13.7. The smallest absolute Gasteiger partial charge is 0.268 e. The highest BCUT2D eigenvalue weighted by Gasteiger charge is 2.42. The number of nitrogens with two attached hydrogens (primary N) is 1. The van der Waals surface area contributed by atoms with Crippen molar-refractivity contribution < 1.29 is 14.4 Å². The number of nitrogens with one attached hydrogen (secondary N) is 1. The first-order valence-corrected chi connectivity index (χ1v) is 13.7. The van der Waals surface area contributed by atoms with Crippen LogP contribution in [0.1, 0.15) is 80.9 Å².